The van der Waals surface area contributed by atoms with E-state index in [1.165, 1.54) is 24.3 Å². The van der Waals surface area contributed by atoms with Gasteiger partial charge in [0.05, 0.1) is 21.7 Å². The van der Waals surface area contributed by atoms with Gasteiger partial charge in [0.1, 0.15) is 5.01 Å². The summed E-state index contributed by atoms with van der Waals surface area (Å²) < 4.78 is 28.9. The summed E-state index contributed by atoms with van der Waals surface area (Å²) in [5.74, 6) is -1.17. The van der Waals surface area contributed by atoms with E-state index >= 15 is 0 Å². The highest BCUT2D eigenvalue weighted by Crippen LogP contribution is 2.22. The molecule has 0 unspecified atom stereocenters. The third-order valence-electron chi connectivity index (χ3n) is 3.91. The Balaban J connectivity index is 1.52. The van der Waals surface area contributed by atoms with Gasteiger partial charge in [0.15, 0.2) is 15.9 Å². The van der Waals surface area contributed by atoms with Crippen LogP contribution in [0.2, 0.25) is 0 Å². The van der Waals surface area contributed by atoms with Crippen molar-refractivity contribution in [1.29, 1.82) is 0 Å². The van der Waals surface area contributed by atoms with Gasteiger partial charge in [0, 0.05) is 12.1 Å². The zero-order valence-corrected chi connectivity index (χ0v) is 15.7. The number of esters is 1. The number of hydrogen-bond donors (Lipinski definition) is 1. The summed E-state index contributed by atoms with van der Waals surface area (Å²) in [5, 5.41) is 3.26. The fraction of sp³-hybridized carbons (Fsp3) is 0.353. The predicted molar refractivity (Wildman–Crippen MR) is 99.4 cm³/mol. The van der Waals surface area contributed by atoms with E-state index in [1.807, 2.05) is 24.3 Å². The van der Waals surface area contributed by atoms with Crippen LogP contribution in [0.3, 0.4) is 0 Å². The van der Waals surface area contributed by atoms with Gasteiger partial charge in [-0.15, -0.1) is 11.3 Å². The van der Waals surface area contributed by atoms with Crippen molar-refractivity contribution < 1.29 is 22.7 Å². The molecule has 0 radical (unpaired) electrons. The first-order valence-corrected chi connectivity index (χ1v) is 10.7. The lowest BCUT2D eigenvalue weighted by Crippen LogP contribution is -2.42. The van der Waals surface area contributed by atoms with Gasteiger partial charge in [-0.1, -0.05) is 12.1 Å². The van der Waals surface area contributed by atoms with Crippen LogP contribution in [-0.2, 0) is 24.2 Å². The summed E-state index contributed by atoms with van der Waals surface area (Å²) in [7, 11) is -3.08. The van der Waals surface area contributed by atoms with Crippen LogP contribution >= 0.6 is 11.3 Å². The second-order valence-electron chi connectivity index (χ2n) is 6.04. The molecule has 1 aromatic heterocycles. The molecule has 1 aliphatic rings. The molecule has 0 saturated carbocycles. The highest BCUT2D eigenvalue weighted by molar-refractivity contribution is 7.91. The number of thiazole rings is 1. The van der Waals surface area contributed by atoms with Crippen LogP contribution < -0.4 is 5.32 Å². The Labute approximate surface area is 155 Å². The van der Waals surface area contributed by atoms with Crippen molar-refractivity contribution in [2.45, 2.75) is 25.5 Å². The largest absolute Gasteiger partial charge is 0.449 e. The Kier molecular flexibility index (Phi) is 5.38. The Bertz CT molecular complexity index is 931. The first-order valence-electron chi connectivity index (χ1n) is 8.07. The molecule has 1 amide bonds. The SMILES string of the molecule is C[C@H](OC(=O)/C=C/c1nc2ccccc2s1)C(=O)N[C@H]1CCS(=O)(=O)C1. The normalized spacial score (nSPS) is 20.3. The van der Waals surface area contributed by atoms with Crippen molar-refractivity contribution in [2.24, 2.45) is 0 Å². The monoisotopic (exact) mass is 394 g/mol. The van der Waals surface area contributed by atoms with Crippen LogP contribution in [0.5, 0.6) is 0 Å². The van der Waals surface area contributed by atoms with Gasteiger partial charge in [0.25, 0.3) is 5.91 Å². The number of fused-ring (bicyclic) bond motifs is 1. The van der Waals surface area contributed by atoms with Crippen LogP contribution in [0.1, 0.15) is 18.4 Å². The summed E-state index contributed by atoms with van der Waals surface area (Å²) in [6, 6.07) is 7.21. The molecule has 1 saturated heterocycles. The number of benzene rings is 1. The molecule has 0 spiro atoms. The summed E-state index contributed by atoms with van der Waals surface area (Å²) in [4.78, 5) is 28.3. The zero-order valence-electron chi connectivity index (χ0n) is 14.0. The summed E-state index contributed by atoms with van der Waals surface area (Å²) >= 11 is 1.44. The first-order chi connectivity index (χ1) is 12.3. The number of para-hydroxylation sites is 1. The highest BCUT2D eigenvalue weighted by atomic mass is 32.2. The molecule has 9 heteroatoms. The lowest BCUT2D eigenvalue weighted by atomic mass is 10.2. The molecule has 0 aliphatic carbocycles. The minimum Gasteiger partial charge on any atom is -0.449 e. The molecule has 7 nitrogen and oxygen atoms in total. The maximum absolute atomic E-state index is 12.0. The Morgan fingerprint density at radius 1 is 1.38 bits per heavy atom. The highest BCUT2D eigenvalue weighted by Gasteiger charge is 2.30. The molecule has 138 valence electrons. The number of ether oxygens (including phenoxy) is 1. The van der Waals surface area contributed by atoms with Gasteiger partial charge in [-0.3, -0.25) is 4.79 Å². The van der Waals surface area contributed by atoms with Gasteiger partial charge in [-0.05, 0) is 31.6 Å². The van der Waals surface area contributed by atoms with Gasteiger partial charge in [0.2, 0.25) is 0 Å². The number of rotatable bonds is 5. The fourth-order valence-electron chi connectivity index (χ4n) is 2.60. The summed E-state index contributed by atoms with van der Waals surface area (Å²) in [6.45, 7) is 1.45. The van der Waals surface area contributed by atoms with E-state index in [0.717, 1.165) is 10.2 Å². The van der Waals surface area contributed by atoms with E-state index < -0.39 is 33.9 Å². The van der Waals surface area contributed by atoms with E-state index in [4.69, 9.17) is 4.74 Å². The molecule has 1 N–H and O–H groups in total. The number of carbonyl (C=O) groups is 2. The lowest BCUT2D eigenvalue weighted by Gasteiger charge is -2.15. The summed E-state index contributed by atoms with van der Waals surface area (Å²) in [5.41, 5.74) is 0.852. The quantitative estimate of drug-likeness (QED) is 0.610. The Hall–Kier alpha value is -2.26. The van der Waals surface area contributed by atoms with Gasteiger partial charge in [-0.25, -0.2) is 18.2 Å². The topological polar surface area (TPSA) is 102 Å². The minimum absolute atomic E-state index is 0.0665. The molecule has 3 rings (SSSR count). The van der Waals surface area contributed by atoms with Crippen LogP contribution in [0.25, 0.3) is 16.3 Å². The van der Waals surface area contributed by atoms with Crippen LogP contribution in [-0.4, -0.2) is 48.9 Å². The molecule has 2 aromatic rings. The fourth-order valence-corrected chi connectivity index (χ4v) is 5.14. The van der Waals surface area contributed by atoms with Gasteiger partial charge in [-0.2, -0.15) is 0 Å². The number of carbonyl (C=O) groups excluding carboxylic acids is 2. The minimum atomic E-state index is -3.08. The molecular formula is C17H18N2O5S2. The molecule has 2 atom stereocenters. The number of nitrogens with zero attached hydrogens (tertiary/aromatic N) is 1. The molecule has 1 aliphatic heterocycles. The average molecular weight is 394 g/mol. The summed E-state index contributed by atoms with van der Waals surface area (Å²) in [6.07, 6.45) is 2.14. The standard InChI is InChI=1S/C17H18N2O5S2/c1-11(17(21)18-12-8-9-26(22,23)10-12)24-16(20)7-6-15-19-13-4-2-3-5-14(13)25-15/h2-7,11-12H,8-10H2,1H3,(H,18,21)/b7-6+/t11-,12-/m0/s1. The van der Waals surface area contributed by atoms with E-state index in [-0.39, 0.29) is 11.5 Å². The number of hydrogen-bond acceptors (Lipinski definition) is 7. The first kappa shape index (κ1) is 18.5. The van der Waals surface area contributed by atoms with E-state index in [0.29, 0.717) is 11.4 Å². The second-order valence-corrected chi connectivity index (χ2v) is 9.33. The average Bonchev–Trinajstić information content (AvgIpc) is 3.15. The van der Waals surface area contributed by atoms with Crippen LogP contribution in [0, 0.1) is 0 Å². The maximum Gasteiger partial charge on any atom is 0.331 e. The zero-order chi connectivity index (χ0) is 18.7. The van der Waals surface area contributed by atoms with Crippen molar-refractivity contribution >= 4 is 49.3 Å². The van der Waals surface area contributed by atoms with Gasteiger partial charge >= 0.3 is 5.97 Å². The Morgan fingerprint density at radius 3 is 2.85 bits per heavy atom. The van der Waals surface area contributed by atoms with Crippen molar-refractivity contribution in [2.75, 3.05) is 11.5 Å². The Morgan fingerprint density at radius 2 is 2.15 bits per heavy atom. The van der Waals surface area contributed by atoms with E-state index in [2.05, 4.69) is 10.3 Å². The molecule has 1 fully saturated rings. The van der Waals surface area contributed by atoms with Crippen molar-refractivity contribution in [3.05, 3.63) is 35.3 Å². The van der Waals surface area contributed by atoms with E-state index in [9.17, 15) is 18.0 Å². The lowest BCUT2D eigenvalue weighted by molar-refractivity contribution is -0.150. The second kappa shape index (κ2) is 7.55. The third kappa shape index (κ3) is 4.67. The molecule has 1 aromatic carbocycles. The van der Waals surface area contributed by atoms with Crippen LogP contribution in [0.4, 0.5) is 0 Å². The number of sulfone groups is 1. The third-order valence-corrected chi connectivity index (χ3v) is 6.68. The van der Waals surface area contributed by atoms with Crippen molar-refractivity contribution in [3.63, 3.8) is 0 Å². The van der Waals surface area contributed by atoms with E-state index in [1.54, 1.807) is 6.08 Å². The molecule has 0 bridgehead atoms. The molecule has 26 heavy (non-hydrogen) atoms. The predicted octanol–water partition coefficient (Wildman–Crippen LogP) is 1.54. The number of aromatic nitrogens is 1. The molecule has 2 heterocycles. The maximum atomic E-state index is 12.0. The van der Waals surface area contributed by atoms with Gasteiger partial charge < -0.3 is 10.1 Å². The smallest absolute Gasteiger partial charge is 0.331 e. The number of nitrogens with one attached hydrogen (secondary N) is 1. The number of amides is 1. The van der Waals surface area contributed by atoms with Crippen molar-refractivity contribution in [3.8, 4) is 0 Å². The van der Waals surface area contributed by atoms with Crippen molar-refractivity contribution in [1.82, 2.24) is 10.3 Å². The van der Waals surface area contributed by atoms with Crippen LogP contribution in [0.15, 0.2) is 30.3 Å². The molecular weight excluding hydrogens is 376 g/mol.